The van der Waals surface area contributed by atoms with E-state index in [0.29, 0.717) is 0 Å². The number of ether oxygens (including phenoxy) is 4. The number of rotatable bonds is 4. The van der Waals surface area contributed by atoms with Crippen molar-refractivity contribution >= 4 is 5.78 Å². The maximum atomic E-state index is 12.2. The molecule has 140 valence electrons. The molecule has 2 heterocycles. The second kappa shape index (κ2) is 7.71. The van der Waals surface area contributed by atoms with E-state index in [2.05, 4.69) is 10.0 Å². The van der Waals surface area contributed by atoms with Gasteiger partial charge in [0.1, 0.15) is 24.9 Å². The van der Waals surface area contributed by atoms with Gasteiger partial charge < -0.3 is 24.1 Å². The summed E-state index contributed by atoms with van der Waals surface area (Å²) in [7, 11) is 0. The molecule has 2 aliphatic rings. The van der Waals surface area contributed by atoms with Gasteiger partial charge in [0.05, 0.1) is 12.6 Å². The van der Waals surface area contributed by atoms with E-state index in [9.17, 15) is 9.90 Å². The van der Waals surface area contributed by atoms with Crippen LogP contribution in [-0.4, -0.2) is 54.2 Å². The van der Waals surface area contributed by atoms with Gasteiger partial charge in [-0.15, -0.1) is 0 Å². The van der Waals surface area contributed by atoms with Crippen LogP contribution in [-0.2, 0) is 23.7 Å². The molecule has 0 spiro atoms. The van der Waals surface area contributed by atoms with E-state index >= 15 is 0 Å². The van der Waals surface area contributed by atoms with Crippen LogP contribution in [0.3, 0.4) is 0 Å². The molecule has 0 aromatic heterocycles. The minimum Gasteiger partial charge on any atom is -0.387 e. The number of ketones is 1. The summed E-state index contributed by atoms with van der Waals surface area (Å²) < 4.78 is 22.3. The van der Waals surface area contributed by atoms with Crippen LogP contribution in [0, 0.1) is 0 Å². The fourth-order valence-corrected chi connectivity index (χ4v) is 2.98. The number of hydrogen-bond donors (Lipinski definition) is 1. The lowest BCUT2D eigenvalue weighted by molar-refractivity contribution is -0.296. The molecule has 0 amide bonds. The van der Waals surface area contributed by atoms with Gasteiger partial charge in [0.15, 0.2) is 17.9 Å². The highest BCUT2D eigenvalue weighted by Gasteiger charge is 2.46. The van der Waals surface area contributed by atoms with Crippen LogP contribution in [0.4, 0.5) is 0 Å². The molecule has 0 bridgehead atoms. The number of aliphatic hydroxyl groups is 1. The van der Waals surface area contributed by atoms with Crippen molar-refractivity contribution < 1.29 is 28.8 Å². The van der Waals surface area contributed by atoms with Crippen LogP contribution < -0.4 is 0 Å². The minimum atomic E-state index is -1.34. The molecule has 0 saturated carbocycles. The van der Waals surface area contributed by atoms with Gasteiger partial charge in [-0.25, -0.2) is 0 Å². The summed E-state index contributed by atoms with van der Waals surface area (Å²) >= 11 is 0. The Morgan fingerprint density at radius 1 is 1.35 bits per heavy atom. The highest BCUT2D eigenvalue weighted by molar-refractivity contribution is 5.85. The van der Waals surface area contributed by atoms with Crippen molar-refractivity contribution in [2.45, 2.75) is 50.3 Å². The quantitative estimate of drug-likeness (QED) is 0.495. The smallest absolute Gasteiger partial charge is 0.190 e. The number of benzene rings is 1. The van der Waals surface area contributed by atoms with Crippen LogP contribution >= 0.6 is 0 Å². The zero-order valence-corrected chi connectivity index (χ0v) is 14.5. The van der Waals surface area contributed by atoms with Crippen molar-refractivity contribution in [2.24, 2.45) is 5.11 Å². The van der Waals surface area contributed by atoms with Crippen molar-refractivity contribution in [3.8, 4) is 0 Å². The second-order valence-corrected chi connectivity index (χ2v) is 6.63. The van der Waals surface area contributed by atoms with E-state index in [0.717, 1.165) is 5.56 Å². The van der Waals surface area contributed by atoms with Gasteiger partial charge in [0.2, 0.25) is 0 Å². The molecule has 1 N–H and O–H groups in total. The Morgan fingerprint density at radius 2 is 2.08 bits per heavy atom. The average molecular weight is 363 g/mol. The predicted octanol–water partition coefficient (Wildman–Crippen LogP) is 1.86. The van der Waals surface area contributed by atoms with Crippen molar-refractivity contribution in [1.29, 1.82) is 0 Å². The fourth-order valence-electron chi connectivity index (χ4n) is 2.98. The van der Waals surface area contributed by atoms with Crippen molar-refractivity contribution in [1.82, 2.24) is 0 Å². The molecule has 2 fully saturated rings. The summed E-state index contributed by atoms with van der Waals surface area (Å²) in [5.41, 5.74) is 9.55. The molecule has 3 rings (SSSR count). The first-order valence-corrected chi connectivity index (χ1v) is 8.30. The van der Waals surface area contributed by atoms with E-state index in [4.69, 9.17) is 24.5 Å². The molecule has 1 unspecified atom stereocenters. The van der Waals surface area contributed by atoms with Crippen LogP contribution in [0.2, 0.25) is 0 Å². The Bertz CT molecular complexity index is 691. The normalized spacial score (nSPS) is 32.5. The number of Topliss-reactive ketones (excluding diaryl/α,β-unsaturated/α-hetero) is 1. The highest BCUT2D eigenvalue weighted by atomic mass is 16.7. The third kappa shape index (κ3) is 4.04. The topological polar surface area (TPSA) is 123 Å². The lowest BCUT2D eigenvalue weighted by atomic mass is 9.97. The van der Waals surface area contributed by atoms with Crippen molar-refractivity contribution in [3.05, 3.63) is 46.3 Å². The monoisotopic (exact) mass is 363 g/mol. The maximum Gasteiger partial charge on any atom is 0.190 e. The number of azide groups is 1. The van der Waals surface area contributed by atoms with Gasteiger partial charge in [-0.3, -0.25) is 4.79 Å². The van der Waals surface area contributed by atoms with Crippen LogP contribution in [0.5, 0.6) is 0 Å². The molecule has 0 radical (unpaired) electrons. The SMILES string of the molecule is CC1(C)OCC(=O)[C@H]([C@@H](O)[C@H]2OC(c3ccccc3)OC[C@@H]2N=[N+]=[N-])O1. The summed E-state index contributed by atoms with van der Waals surface area (Å²) in [6.07, 6.45) is -4.19. The maximum absolute atomic E-state index is 12.2. The fraction of sp³-hybridized carbons (Fsp3) is 0.588. The number of nitrogens with zero attached hydrogens (tertiary/aromatic N) is 3. The Kier molecular flexibility index (Phi) is 5.57. The van der Waals surface area contributed by atoms with E-state index in [1.54, 1.807) is 13.8 Å². The lowest BCUT2D eigenvalue weighted by Gasteiger charge is -2.42. The zero-order valence-electron chi connectivity index (χ0n) is 14.5. The summed E-state index contributed by atoms with van der Waals surface area (Å²) in [6, 6.07) is 8.37. The first-order valence-electron chi connectivity index (χ1n) is 8.30. The van der Waals surface area contributed by atoms with Crippen molar-refractivity contribution in [2.75, 3.05) is 13.2 Å². The molecule has 1 aromatic carbocycles. The average Bonchev–Trinajstić information content (AvgIpc) is 2.64. The Labute approximate surface area is 150 Å². The van der Waals surface area contributed by atoms with Crippen molar-refractivity contribution in [3.63, 3.8) is 0 Å². The van der Waals surface area contributed by atoms with E-state index in [1.807, 2.05) is 30.3 Å². The van der Waals surface area contributed by atoms with E-state index < -0.39 is 42.2 Å². The molecular formula is C17H21N3O6. The third-order valence-electron chi connectivity index (χ3n) is 4.29. The molecule has 1 aromatic rings. The van der Waals surface area contributed by atoms with E-state index in [-0.39, 0.29) is 13.2 Å². The lowest BCUT2D eigenvalue weighted by Crippen LogP contribution is -2.58. The number of carbonyl (C=O) groups is 1. The molecule has 2 aliphatic heterocycles. The molecule has 5 atom stereocenters. The van der Waals surface area contributed by atoms with Gasteiger partial charge in [0, 0.05) is 10.5 Å². The summed E-state index contributed by atoms with van der Waals surface area (Å²) in [5, 5.41) is 14.4. The number of carbonyl (C=O) groups excluding carboxylic acids is 1. The first kappa shape index (κ1) is 18.8. The largest absolute Gasteiger partial charge is 0.387 e. The highest BCUT2D eigenvalue weighted by Crippen LogP contribution is 2.32. The van der Waals surface area contributed by atoms with Crippen LogP contribution in [0.25, 0.3) is 10.4 Å². The standard InChI is InChI=1S/C17H21N3O6/c1-17(2)24-9-12(21)15(26-17)13(22)14-11(19-20-18)8-23-16(25-14)10-6-4-3-5-7-10/h3-7,11,13-16,22H,8-9H2,1-2H3/t11-,13-,14-,15+,16?/m0/s1. The summed E-state index contributed by atoms with van der Waals surface area (Å²) in [6.45, 7) is 3.18. The minimum absolute atomic E-state index is 0.0478. The Hall–Kier alpha value is -2.00. The summed E-state index contributed by atoms with van der Waals surface area (Å²) in [4.78, 5) is 15.0. The molecule has 0 aliphatic carbocycles. The van der Waals surface area contributed by atoms with E-state index in [1.165, 1.54) is 0 Å². The van der Waals surface area contributed by atoms with Gasteiger partial charge >= 0.3 is 0 Å². The van der Waals surface area contributed by atoms with Crippen LogP contribution in [0.15, 0.2) is 35.4 Å². The first-order chi connectivity index (χ1) is 12.4. The summed E-state index contributed by atoms with van der Waals surface area (Å²) in [5.74, 6) is -1.42. The molecule has 2 saturated heterocycles. The third-order valence-corrected chi connectivity index (χ3v) is 4.29. The molecular weight excluding hydrogens is 342 g/mol. The number of aliphatic hydroxyl groups excluding tert-OH is 1. The van der Waals surface area contributed by atoms with Gasteiger partial charge in [-0.05, 0) is 19.4 Å². The predicted molar refractivity (Wildman–Crippen MR) is 88.9 cm³/mol. The molecule has 26 heavy (non-hydrogen) atoms. The number of hydrogen-bond acceptors (Lipinski definition) is 7. The molecule has 9 nitrogen and oxygen atoms in total. The second-order valence-electron chi connectivity index (χ2n) is 6.63. The Morgan fingerprint density at radius 3 is 2.77 bits per heavy atom. The Balaban J connectivity index is 1.82. The zero-order chi connectivity index (χ0) is 18.7. The van der Waals surface area contributed by atoms with Crippen LogP contribution in [0.1, 0.15) is 25.7 Å². The van der Waals surface area contributed by atoms with Gasteiger partial charge in [0.25, 0.3) is 0 Å². The van der Waals surface area contributed by atoms with Gasteiger partial charge in [-0.2, -0.15) is 0 Å². The van der Waals surface area contributed by atoms with Gasteiger partial charge in [-0.1, -0.05) is 35.4 Å². The molecule has 9 heteroatoms.